The number of aryl methyl sites for hydroxylation is 1. The van der Waals surface area contributed by atoms with Gasteiger partial charge in [0, 0.05) is 48.0 Å². The van der Waals surface area contributed by atoms with Crippen LogP contribution >= 0.6 is 0 Å². The Bertz CT molecular complexity index is 1270. The molecule has 2 fully saturated rings. The van der Waals surface area contributed by atoms with E-state index < -0.39 is 0 Å². The van der Waals surface area contributed by atoms with Crippen molar-refractivity contribution in [3.63, 3.8) is 0 Å². The van der Waals surface area contributed by atoms with E-state index in [2.05, 4.69) is 32.5 Å². The van der Waals surface area contributed by atoms with E-state index in [-0.39, 0.29) is 11.8 Å². The summed E-state index contributed by atoms with van der Waals surface area (Å²) in [7, 11) is 0. The largest absolute Gasteiger partial charge is 0.361 e. The molecule has 1 saturated heterocycles. The number of carbonyl (C=O) groups excluding carboxylic acids is 2. The van der Waals surface area contributed by atoms with E-state index in [1.807, 2.05) is 18.2 Å². The molecule has 1 saturated carbocycles. The van der Waals surface area contributed by atoms with Gasteiger partial charge >= 0.3 is 0 Å². The number of amides is 2. The smallest absolute Gasteiger partial charge is 0.257 e. The minimum absolute atomic E-state index is 0.240. The van der Waals surface area contributed by atoms with Crippen LogP contribution in [0.5, 0.6) is 0 Å². The summed E-state index contributed by atoms with van der Waals surface area (Å²) in [5, 5.41) is 13.3. The van der Waals surface area contributed by atoms with E-state index >= 15 is 0 Å². The third-order valence-corrected chi connectivity index (χ3v) is 7.39. The lowest BCUT2D eigenvalue weighted by atomic mass is 9.88. The molecule has 0 bridgehead atoms. The second-order valence-corrected chi connectivity index (χ2v) is 9.51. The van der Waals surface area contributed by atoms with Gasteiger partial charge in [-0.1, -0.05) is 12.8 Å². The number of nitriles is 1. The molecule has 1 aliphatic heterocycles. The number of hydrogen-bond donors (Lipinski definition) is 2. The van der Waals surface area contributed by atoms with Crippen LogP contribution in [0.1, 0.15) is 71.6 Å². The summed E-state index contributed by atoms with van der Waals surface area (Å²) in [5.74, 6) is 0.680. The lowest BCUT2D eigenvalue weighted by Crippen LogP contribution is -2.40. The predicted octanol–water partition coefficient (Wildman–Crippen LogP) is 4.89. The molecule has 1 aromatic carbocycles. The zero-order valence-electron chi connectivity index (χ0n) is 19.4. The van der Waals surface area contributed by atoms with Crippen LogP contribution in [0.3, 0.4) is 0 Å². The van der Waals surface area contributed by atoms with Gasteiger partial charge in [0.15, 0.2) is 0 Å². The van der Waals surface area contributed by atoms with Crippen LogP contribution < -0.4 is 5.32 Å². The summed E-state index contributed by atoms with van der Waals surface area (Å²) >= 11 is 0. The first-order valence-electron chi connectivity index (χ1n) is 12.1. The van der Waals surface area contributed by atoms with E-state index in [9.17, 15) is 14.9 Å². The quantitative estimate of drug-likeness (QED) is 0.585. The Morgan fingerprint density at radius 2 is 1.91 bits per heavy atom. The standard InChI is InChI=1S/C27H29N5O2/c1-17-20(14-28)12-21(15-29-17)26(33)31-22-6-7-25-23(13-22)24(16-30-25)18-8-10-32(11-9-18)27(34)19-4-2-3-5-19/h6-7,12-13,15-16,18-19,30H,2-5,8-11H2,1H3,(H,31,33). The fourth-order valence-corrected chi connectivity index (χ4v) is 5.37. The highest BCUT2D eigenvalue weighted by atomic mass is 16.2. The molecule has 2 aromatic heterocycles. The lowest BCUT2D eigenvalue weighted by molar-refractivity contribution is -0.136. The normalized spacial score (nSPS) is 17.1. The van der Waals surface area contributed by atoms with Gasteiger partial charge in [0.25, 0.3) is 5.91 Å². The first-order chi connectivity index (χ1) is 16.5. The second-order valence-electron chi connectivity index (χ2n) is 9.51. The third kappa shape index (κ3) is 4.28. The number of nitrogens with one attached hydrogen (secondary N) is 2. The van der Waals surface area contributed by atoms with E-state index in [0.717, 1.165) is 49.7 Å². The van der Waals surface area contributed by atoms with Crippen molar-refractivity contribution in [2.75, 3.05) is 18.4 Å². The van der Waals surface area contributed by atoms with Crippen molar-refractivity contribution in [2.45, 2.75) is 51.4 Å². The van der Waals surface area contributed by atoms with Gasteiger partial charge in [0.2, 0.25) is 5.91 Å². The van der Waals surface area contributed by atoms with Gasteiger partial charge in [0.1, 0.15) is 6.07 Å². The molecule has 2 N–H and O–H groups in total. The summed E-state index contributed by atoms with van der Waals surface area (Å²) in [6.07, 6.45) is 9.92. The SMILES string of the molecule is Cc1ncc(C(=O)Nc2ccc3[nH]cc(C4CCN(C(=O)C5CCCC5)CC4)c3c2)cc1C#N. The molecule has 5 rings (SSSR count). The number of H-pyrrole nitrogens is 1. The Morgan fingerprint density at radius 1 is 1.15 bits per heavy atom. The summed E-state index contributed by atoms with van der Waals surface area (Å²) in [6, 6.07) is 9.49. The van der Waals surface area contributed by atoms with Crippen molar-refractivity contribution in [3.8, 4) is 6.07 Å². The molecule has 7 nitrogen and oxygen atoms in total. The van der Waals surface area contributed by atoms with Crippen molar-refractivity contribution in [3.05, 3.63) is 59.0 Å². The molecule has 2 aliphatic rings. The molecule has 3 heterocycles. The van der Waals surface area contributed by atoms with E-state index in [1.54, 1.807) is 13.0 Å². The molecule has 0 spiro atoms. The highest BCUT2D eigenvalue weighted by Crippen LogP contribution is 2.36. The number of hydrogen-bond acceptors (Lipinski definition) is 4. The molecule has 34 heavy (non-hydrogen) atoms. The fraction of sp³-hybridized carbons (Fsp3) is 0.407. The highest BCUT2D eigenvalue weighted by molar-refractivity contribution is 6.05. The average molecular weight is 456 g/mol. The first-order valence-corrected chi connectivity index (χ1v) is 12.1. The van der Waals surface area contributed by atoms with Gasteiger partial charge in [-0.05, 0) is 68.4 Å². The Hall–Kier alpha value is -3.66. The van der Waals surface area contributed by atoms with Crippen molar-refractivity contribution in [1.82, 2.24) is 14.9 Å². The number of carbonyl (C=O) groups is 2. The number of likely N-dealkylation sites (tertiary alicyclic amines) is 1. The van der Waals surface area contributed by atoms with Crippen LogP contribution in [-0.2, 0) is 4.79 Å². The molecule has 3 aromatic rings. The number of benzene rings is 1. The van der Waals surface area contributed by atoms with Crippen LogP contribution in [0.15, 0.2) is 36.7 Å². The lowest BCUT2D eigenvalue weighted by Gasteiger charge is -2.33. The van der Waals surface area contributed by atoms with Crippen LogP contribution in [-0.4, -0.2) is 39.8 Å². The number of pyridine rings is 1. The molecule has 1 aliphatic carbocycles. The number of aromatic nitrogens is 2. The van der Waals surface area contributed by atoms with Crippen LogP contribution in [0.2, 0.25) is 0 Å². The van der Waals surface area contributed by atoms with Gasteiger partial charge in [-0.2, -0.15) is 5.26 Å². The second kappa shape index (κ2) is 9.30. The molecule has 2 amide bonds. The molecule has 0 radical (unpaired) electrons. The summed E-state index contributed by atoms with van der Waals surface area (Å²) in [5.41, 5.74) is 4.33. The van der Waals surface area contributed by atoms with Crippen LogP contribution in [0.4, 0.5) is 5.69 Å². The molecular formula is C27H29N5O2. The molecule has 0 unspecified atom stereocenters. The maximum absolute atomic E-state index is 12.8. The van der Waals surface area contributed by atoms with Crippen molar-refractivity contribution >= 4 is 28.4 Å². The molecule has 174 valence electrons. The number of piperidine rings is 1. The van der Waals surface area contributed by atoms with E-state index in [0.29, 0.717) is 34.3 Å². The van der Waals surface area contributed by atoms with Crippen molar-refractivity contribution in [1.29, 1.82) is 5.26 Å². The van der Waals surface area contributed by atoms with Crippen LogP contribution in [0, 0.1) is 24.2 Å². The number of anilines is 1. The van der Waals surface area contributed by atoms with Crippen molar-refractivity contribution in [2.24, 2.45) is 5.92 Å². The van der Waals surface area contributed by atoms with Gasteiger partial charge < -0.3 is 15.2 Å². The maximum atomic E-state index is 12.8. The Balaban J connectivity index is 1.29. The topological polar surface area (TPSA) is 102 Å². The molecule has 0 atom stereocenters. The maximum Gasteiger partial charge on any atom is 0.257 e. The number of rotatable bonds is 4. The first kappa shape index (κ1) is 22.1. The zero-order valence-corrected chi connectivity index (χ0v) is 19.4. The number of aromatic amines is 1. The Morgan fingerprint density at radius 3 is 2.65 bits per heavy atom. The van der Waals surface area contributed by atoms with Crippen molar-refractivity contribution < 1.29 is 9.59 Å². The Kier molecular flexibility index (Phi) is 6.06. The Labute approximate surface area is 199 Å². The summed E-state index contributed by atoms with van der Waals surface area (Å²) < 4.78 is 0. The minimum atomic E-state index is -0.292. The monoisotopic (exact) mass is 455 g/mol. The third-order valence-electron chi connectivity index (χ3n) is 7.39. The highest BCUT2D eigenvalue weighted by Gasteiger charge is 2.31. The number of nitrogens with zero attached hydrogens (tertiary/aromatic N) is 3. The molecular weight excluding hydrogens is 426 g/mol. The van der Waals surface area contributed by atoms with E-state index in [4.69, 9.17) is 0 Å². The summed E-state index contributed by atoms with van der Waals surface area (Å²) in [6.45, 7) is 3.37. The zero-order chi connectivity index (χ0) is 23.7. The van der Waals surface area contributed by atoms with Gasteiger partial charge in [-0.25, -0.2) is 0 Å². The van der Waals surface area contributed by atoms with Gasteiger partial charge in [-0.15, -0.1) is 0 Å². The van der Waals surface area contributed by atoms with Gasteiger partial charge in [0.05, 0.1) is 16.8 Å². The minimum Gasteiger partial charge on any atom is -0.361 e. The fourth-order valence-electron chi connectivity index (χ4n) is 5.37. The average Bonchev–Trinajstić information content (AvgIpc) is 3.54. The number of fused-ring (bicyclic) bond motifs is 1. The van der Waals surface area contributed by atoms with E-state index in [1.165, 1.54) is 24.6 Å². The van der Waals surface area contributed by atoms with Crippen LogP contribution in [0.25, 0.3) is 10.9 Å². The summed E-state index contributed by atoms with van der Waals surface area (Å²) in [4.78, 5) is 35.1. The van der Waals surface area contributed by atoms with Gasteiger partial charge in [-0.3, -0.25) is 14.6 Å². The molecule has 7 heteroatoms. The predicted molar refractivity (Wildman–Crippen MR) is 130 cm³/mol.